The van der Waals surface area contributed by atoms with Gasteiger partial charge in [-0.25, -0.2) is 14.4 Å². The van der Waals surface area contributed by atoms with E-state index in [1.807, 2.05) is 0 Å². The summed E-state index contributed by atoms with van der Waals surface area (Å²) in [7, 11) is 0. The molecule has 0 unspecified atom stereocenters. The van der Waals surface area contributed by atoms with Crippen molar-refractivity contribution in [3.05, 3.63) is 0 Å². The van der Waals surface area contributed by atoms with Gasteiger partial charge in [0, 0.05) is 112 Å². The summed E-state index contributed by atoms with van der Waals surface area (Å²) in [6.07, 6.45) is -9.58. The summed E-state index contributed by atoms with van der Waals surface area (Å²) >= 11 is 0. The molecule has 0 atom stereocenters. The van der Waals surface area contributed by atoms with E-state index in [1.165, 1.54) is 0 Å². The molecule has 0 aromatic rings. The molecule has 13 N–H and O–H groups in total. The van der Waals surface area contributed by atoms with Crippen LogP contribution >= 0.6 is 0 Å². The average molecular weight is 1500 g/mol. The summed E-state index contributed by atoms with van der Waals surface area (Å²) in [5.41, 5.74) is -11.2. The van der Waals surface area contributed by atoms with Gasteiger partial charge in [0.05, 0.1) is 44.5 Å². The molecule has 0 radical (unpaired) electrons. The van der Waals surface area contributed by atoms with Crippen molar-refractivity contribution >= 4 is 71.6 Å². The molecule has 55 heavy (non-hydrogen) atoms. The second kappa shape index (κ2) is 29.7. The minimum Gasteiger partial charge on any atom is -0.550 e. The van der Waals surface area contributed by atoms with Crippen molar-refractivity contribution < 1.29 is 227 Å². The predicted octanol–water partition coefficient (Wildman–Crippen LogP) is -9.00. The number of carbonyl (C=O) groups excluding carboxylic acids is 3. The third kappa shape index (κ3) is 32.4. The minimum atomic E-state index is -2.97. The normalized spacial score (nSPS) is 10.3. The van der Waals surface area contributed by atoms with E-state index in [9.17, 15) is 72.9 Å². The molecule has 0 fully saturated rings. The van der Waals surface area contributed by atoms with Gasteiger partial charge in [-0.05, 0) is 0 Å². The van der Waals surface area contributed by atoms with Gasteiger partial charge in [-0.2, -0.15) is 0 Å². The number of aliphatic hydroxyl groups is 4. The van der Waals surface area contributed by atoms with Crippen molar-refractivity contribution in [2.45, 2.75) is 73.8 Å². The number of carboxylic acid groups (broad SMARTS) is 12. The smallest absolute Gasteiger partial charge is 0.336 e. The second-order valence-electron chi connectivity index (χ2n) is 9.85. The molecule has 0 aliphatic rings. The standard InChI is InChI=1S/4C6H8O7.3Pu/c4*7-3(8)1-6(13,5(11)12)2-4(9)10;;;/h4*13H,1-2H2,(H,7,8)(H,9,10)(H,11,12);;;/p-3. The molecule has 0 amide bonds. The van der Waals surface area contributed by atoms with Crippen LogP contribution in [0.2, 0.25) is 0 Å². The second-order valence-corrected chi connectivity index (χ2v) is 9.85. The summed E-state index contributed by atoms with van der Waals surface area (Å²) in [5, 5.41) is 140. The van der Waals surface area contributed by atoms with Gasteiger partial charge < -0.3 is 96.1 Å². The average Bonchev–Trinajstić information content (AvgIpc) is 2.85. The van der Waals surface area contributed by atoms with Gasteiger partial charge in [0.2, 0.25) is 0 Å². The summed E-state index contributed by atoms with van der Waals surface area (Å²) in [4.78, 5) is 121. The van der Waals surface area contributed by atoms with Crippen LogP contribution in [0.5, 0.6) is 0 Å². The molecule has 0 aromatic heterocycles. The molecule has 0 saturated heterocycles. The first-order valence-corrected chi connectivity index (χ1v) is 12.6. The van der Waals surface area contributed by atoms with Crippen molar-refractivity contribution in [2.24, 2.45) is 0 Å². The SMILES string of the molecule is O=C(O)CC(O)(CC(=O)O)C(=O)O.O=C(O)CC(O)(CC(=O)O)C(=O)O.O=C(O)CC(O)(CC(=O)O)C(=O)O.O=C([O-])CC(O)(CC(=O)[O-])C(=O)[O-].[Pu].[Pu].[Pu]. The molecule has 314 valence electrons. The number of carboxylic acids is 12. The molecular weight excluding hydrogens is 1470 g/mol. The van der Waals surface area contributed by atoms with Crippen molar-refractivity contribution in [3.63, 3.8) is 0 Å². The fraction of sp³-hybridized carbons (Fsp3) is 0.500. The molecule has 31 heteroatoms. The van der Waals surface area contributed by atoms with E-state index in [2.05, 4.69) is 0 Å². The van der Waals surface area contributed by atoms with Crippen LogP contribution in [0.15, 0.2) is 0 Å². The van der Waals surface area contributed by atoms with E-state index in [1.54, 1.807) is 0 Å². The zero-order chi connectivity index (χ0) is 42.6. The molecule has 0 bridgehead atoms. The summed E-state index contributed by atoms with van der Waals surface area (Å²) < 4.78 is 0. The maximum absolute atomic E-state index is 10.3. The Morgan fingerprint density at radius 3 is 0.527 bits per heavy atom. The van der Waals surface area contributed by atoms with Crippen LogP contribution < -0.4 is 15.3 Å². The monoisotopic (exact) mass is 1480 g/mol. The van der Waals surface area contributed by atoms with E-state index in [0.717, 1.165) is 0 Å². The molecule has 0 spiro atoms. The Balaban J connectivity index is -0.000000110. The van der Waals surface area contributed by atoms with Crippen LogP contribution in [-0.4, -0.2) is 160 Å². The largest absolute Gasteiger partial charge is 0.550 e. The Hall–Kier alpha value is -3.56. The Morgan fingerprint density at radius 2 is 0.455 bits per heavy atom. The van der Waals surface area contributed by atoms with Crippen molar-refractivity contribution in [2.75, 3.05) is 0 Å². The number of carbonyl (C=O) groups is 12. The van der Waals surface area contributed by atoms with Crippen LogP contribution in [0, 0.1) is 87.5 Å². The van der Waals surface area contributed by atoms with Crippen LogP contribution in [0.3, 0.4) is 0 Å². The van der Waals surface area contributed by atoms with E-state index in [-0.39, 0.29) is 87.5 Å². The Labute approximate surface area is 369 Å². The molecule has 0 aromatic carbocycles. The first-order chi connectivity index (χ1) is 23.1. The number of rotatable bonds is 20. The van der Waals surface area contributed by atoms with Crippen LogP contribution in [0.25, 0.3) is 0 Å². The maximum atomic E-state index is 10.3. The zero-order valence-electron chi connectivity index (χ0n) is 26.8. The van der Waals surface area contributed by atoms with Gasteiger partial charge in [0.25, 0.3) is 0 Å². The van der Waals surface area contributed by atoms with Gasteiger partial charge in [-0.3, -0.25) is 28.8 Å². The summed E-state index contributed by atoms with van der Waals surface area (Å²) in [6, 6.07) is 0. The maximum Gasteiger partial charge on any atom is 0.336 e. The fourth-order valence-electron chi connectivity index (χ4n) is 2.83. The van der Waals surface area contributed by atoms with E-state index in [4.69, 9.17) is 66.4 Å². The Morgan fingerprint density at radius 1 is 0.309 bits per heavy atom. The minimum absolute atomic E-state index is 0. The topological polar surface area (TPSA) is 537 Å². The van der Waals surface area contributed by atoms with Crippen molar-refractivity contribution in [1.82, 2.24) is 0 Å². The quantitative estimate of drug-likeness (QED) is 0.0538. The van der Waals surface area contributed by atoms with Crippen LogP contribution in [0.4, 0.5) is 0 Å². The summed E-state index contributed by atoms with van der Waals surface area (Å²) in [5.74, 6) is -21.0. The number of aliphatic carboxylic acids is 12. The molecule has 28 nitrogen and oxygen atoms in total. The molecule has 0 aliphatic heterocycles. The van der Waals surface area contributed by atoms with Crippen molar-refractivity contribution in [3.8, 4) is 0 Å². The van der Waals surface area contributed by atoms with Gasteiger partial charge >= 0.3 is 53.7 Å². The van der Waals surface area contributed by atoms with E-state index < -0.39 is 145 Å². The third-order valence-corrected chi connectivity index (χ3v) is 5.11. The predicted molar refractivity (Wildman–Crippen MR) is 140 cm³/mol. The molecule has 0 heterocycles. The van der Waals surface area contributed by atoms with E-state index in [0.29, 0.717) is 0 Å². The fourth-order valence-corrected chi connectivity index (χ4v) is 2.83. The van der Waals surface area contributed by atoms with Crippen molar-refractivity contribution in [1.29, 1.82) is 0 Å². The van der Waals surface area contributed by atoms with Gasteiger partial charge in [-0.15, -0.1) is 0 Å². The third-order valence-electron chi connectivity index (χ3n) is 5.11. The molecule has 0 aliphatic carbocycles. The van der Waals surface area contributed by atoms with Crippen LogP contribution in [-0.2, 0) is 57.5 Å². The van der Waals surface area contributed by atoms with Gasteiger partial charge in [0.1, 0.15) is 5.60 Å². The summed E-state index contributed by atoms with van der Waals surface area (Å²) in [6.45, 7) is 0. The van der Waals surface area contributed by atoms with E-state index >= 15 is 0 Å². The van der Waals surface area contributed by atoms with Gasteiger partial charge in [0.15, 0.2) is 16.8 Å². The number of hydrogen-bond acceptors (Lipinski definition) is 19. The molecular formula is C24H29O28Pu3-3. The molecule has 0 saturated carbocycles. The first-order valence-electron chi connectivity index (χ1n) is 12.6. The number of hydrogen-bond donors (Lipinski definition) is 13. The van der Waals surface area contributed by atoms with Crippen LogP contribution in [0.1, 0.15) is 51.4 Å². The molecule has 0 rings (SSSR count). The Bertz CT molecular complexity index is 1130. The van der Waals surface area contributed by atoms with Gasteiger partial charge in [-0.1, -0.05) is 0 Å². The zero-order valence-corrected chi connectivity index (χ0v) is 37.0. The first kappa shape index (κ1) is 66.3. The Kier molecular flexibility index (Phi) is 35.8.